The molecular formula is C10H18N4O2S. The fourth-order valence-corrected chi connectivity index (χ4v) is 2.17. The van der Waals surface area contributed by atoms with E-state index in [4.69, 9.17) is 0 Å². The third-order valence-electron chi connectivity index (χ3n) is 2.45. The van der Waals surface area contributed by atoms with Crippen molar-refractivity contribution in [1.82, 2.24) is 20.1 Å². The lowest BCUT2D eigenvalue weighted by Crippen LogP contribution is -2.33. The van der Waals surface area contributed by atoms with Crippen LogP contribution in [0.5, 0.6) is 0 Å². The fourth-order valence-electron chi connectivity index (χ4n) is 1.29. The Morgan fingerprint density at radius 3 is 2.88 bits per heavy atom. The zero-order valence-electron chi connectivity index (χ0n) is 10.3. The molecule has 96 valence electrons. The monoisotopic (exact) mass is 258 g/mol. The first-order valence-electron chi connectivity index (χ1n) is 5.52. The Labute approximate surface area is 104 Å². The number of hydrogen-bond acceptors (Lipinski definition) is 5. The second-order valence-electron chi connectivity index (χ2n) is 3.88. The molecule has 7 heteroatoms. The lowest BCUT2D eigenvalue weighted by molar-refractivity contribution is 0.558. The first-order chi connectivity index (χ1) is 8.04. The second-order valence-corrected chi connectivity index (χ2v) is 4.94. The van der Waals surface area contributed by atoms with Crippen molar-refractivity contribution in [3.63, 3.8) is 0 Å². The quantitative estimate of drug-likeness (QED) is 0.425. The van der Waals surface area contributed by atoms with Gasteiger partial charge in [-0.15, -0.1) is 0 Å². The number of aromatic nitrogens is 3. The average Bonchev–Trinajstić information content (AvgIpc) is 2.30. The van der Waals surface area contributed by atoms with E-state index >= 15 is 0 Å². The van der Waals surface area contributed by atoms with Crippen molar-refractivity contribution < 1.29 is 0 Å². The highest BCUT2D eigenvalue weighted by atomic mass is 32.2. The first kappa shape index (κ1) is 14.0. The summed E-state index contributed by atoms with van der Waals surface area (Å²) >= 11 is 1.48. The molecule has 0 aromatic carbocycles. The zero-order chi connectivity index (χ0) is 12.8. The minimum atomic E-state index is -0.728. The summed E-state index contributed by atoms with van der Waals surface area (Å²) in [5.41, 5.74) is -1.41. The Morgan fingerprint density at radius 2 is 2.24 bits per heavy atom. The molecule has 1 aromatic rings. The Balaban J connectivity index is 2.50. The van der Waals surface area contributed by atoms with E-state index in [2.05, 4.69) is 22.3 Å². The van der Waals surface area contributed by atoms with E-state index in [1.54, 1.807) is 7.05 Å². The first-order valence-corrected chi connectivity index (χ1v) is 6.50. The number of aryl methyl sites for hydroxylation is 1. The number of rotatable bonds is 6. The number of aromatic amines is 1. The van der Waals surface area contributed by atoms with Crippen LogP contribution in [0.3, 0.4) is 0 Å². The van der Waals surface area contributed by atoms with Gasteiger partial charge in [0.25, 0.3) is 0 Å². The highest BCUT2D eigenvalue weighted by Gasteiger charge is 2.04. The molecule has 0 fully saturated rings. The summed E-state index contributed by atoms with van der Waals surface area (Å²) in [6.07, 6.45) is 2.10. The molecule has 0 saturated carbocycles. The molecule has 1 atom stereocenters. The Bertz CT molecular complexity index is 468. The van der Waals surface area contributed by atoms with Crippen molar-refractivity contribution in [2.45, 2.75) is 31.0 Å². The van der Waals surface area contributed by atoms with Crippen LogP contribution in [-0.2, 0) is 7.05 Å². The van der Waals surface area contributed by atoms with Gasteiger partial charge in [0.05, 0.1) is 0 Å². The van der Waals surface area contributed by atoms with E-state index in [1.807, 2.05) is 7.05 Å². The molecule has 1 aromatic heterocycles. The molecule has 1 rings (SSSR count). The van der Waals surface area contributed by atoms with Crippen LogP contribution >= 0.6 is 11.8 Å². The molecule has 0 bridgehead atoms. The van der Waals surface area contributed by atoms with Crippen LogP contribution in [0.25, 0.3) is 0 Å². The van der Waals surface area contributed by atoms with Gasteiger partial charge in [0.1, 0.15) is 0 Å². The molecule has 0 spiro atoms. The molecule has 0 radical (unpaired) electrons. The van der Waals surface area contributed by atoms with Crippen LogP contribution in [0.2, 0.25) is 0 Å². The predicted molar refractivity (Wildman–Crippen MR) is 68.6 cm³/mol. The molecule has 1 unspecified atom stereocenters. The largest absolute Gasteiger partial charge is 0.339 e. The minimum absolute atomic E-state index is 0.489. The molecule has 0 aliphatic rings. The van der Waals surface area contributed by atoms with Gasteiger partial charge in [0, 0.05) is 18.8 Å². The molecule has 0 aliphatic carbocycles. The molecule has 6 nitrogen and oxygen atoms in total. The van der Waals surface area contributed by atoms with Crippen molar-refractivity contribution in [3.8, 4) is 0 Å². The van der Waals surface area contributed by atoms with E-state index in [9.17, 15) is 9.59 Å². The average molecular weight is 258 g/mol. The van der Waals surface area contributed by atoms with Gasteiger partial charge < -0.3 is 5.32 Å². The van der Waals surface area contributed by atoms with Gasteiger partial charge in [0.2, 0.25) is 0 Å². The number of nitrogens with one attached hydrogen (secondary N) is 2. The maximum Gasteiger partial charge on any atom is 0.339 e. The summed E-state index contributed by atoms with van der Waals surface area (Å²) < 4.78 is 1.48. The second kappa shape index (κ2) is 6.61. The van der Waals surface area contributed by atoms with Crippen LogP contribution in [0.15, 0.2) is 14.7 Å². The number of hydrogen-bond donors (Lipinski definition) is 2. The summed E-state index contributed by atoms with van der Waals surface area (Å²) in [6.45, 7) is 2.12. The Kier molecular flexibility index (Phi) is 5.43. The third-order valence-corrected chi connectivity index (χ3v) is 3.57. The van der Waals surface area contributed by atoms with Gasteiger partial charge in [0.15, 0.2) is 5.16 Å². The maximum absolute atomic E-state index is 11.1. The molecule has 0 saturated heterocycles. The fraction of sp³-hybridized carbons (Fsp3) is 0.700. The highest BCUT2D eigenvalue weighted by molar-refractivity contribution is 7.99. The molecule has 1 heterocycles. The predicted octanol–water partition coefficient (Wildman–Crippen LogP) is -0.0512. The van der Waals surface area contributed by atoms with Gasteiger partial charge in [-0.05, 0) is 26.8 Å². The number of H-pyrrole nitrogens is 1. The van der Waals surface area contributed by atoms with E-state index in [0.717, 1.165) is 18.6 Å². The standard InChI is InChI=1S/C10H18N4O2S/c1-7(11-2)5-4-6-17-10-12-8(15)9(16)13-14(10)3/h7,11H,4-6H2,1-3H3,(H,13,16). The van der Waals surface area contributed by atoms with Crippen molar-refractivity contribution >= 4 is 11.8 Å². The lowest BCUT2D eigenvalue weighted by atomic mass is 10.2. The molecular weight excluding hydrogens is 240 g/mol. The van der Waals surface area contributed by atoms with Crippen LogP contribution in [-0.4, -0.2) is 33.6 Å². The Morgan fingerprint density at radius 1 is 1.53 bits per heavy atom. The molecule has 0 amide bonds. The minimum Gasteiger partial charge on any atom is -0.317 e. The maximum atomic E-state index is 11.1. The smallest absolute Gasteiger partial charge is 0.317 e. The van der Waals surface area contributed by atoms with Gasteiger partial charge in [-0.2, -0.15) is 4.98 Å². The summed E-state index contributed by atoms with van der Waals surface area (Å²) in [5, 5.41) is 6.13. The highest BCUT2D eigenvalue weighted by Crippen LogP contribution is 2.13. The van der Waals surface area contributed by atoms with Crippen LogP contribution in [0, 0.1) is 0 Å². The van der Waals surface area contributed by atoms with E-state index in [1.165, 1.54) is 16.4 Å². The van der Waals surface area contributed by atoms with Crippen LogP contribution in [0.4, 0.5) is 0 Å². The third kappa shape index (κ3) is 4.35. The van der Waals surface area contributed by atoms with E-state index < -0.39 is 11.1 Å². The van der Waals surface area contributed by atoms with Gasteiger partial charge in [-0.3, -0.25) is 19.4 Å². The van der Waals surface area contributed by atoms with Gasteiger partial charge in [-0.1, -0.05) is 11.8 Å². The number of nitrogens with zero attached hydrogens (tertiary/aromatic N) is 2. The van der Waals surface area contributed by atoms with Crippen molar-refractivity contribution in [1.29, 1.82) is 0 Å². The molecule has 0 aliphatic heterocycles. The normalized spacial score (nSPS) is 12.6. The SMILES string of the molecule is CNC(C)CCCSc1nc(=O)c(=O)[nH]n1C. The summed E-state index contributed by atoms with van der Waals surface area (Å²) in [4.78, 5) is 25.8. The Hall–Kier alpha value is -1.08. The van der Waals surface area contributed by atoms with Gasteiger partial charge in [-0.25, -0.2) is 0 Å². The van der Waals surface area contributed by atoms with Crippen LogP contribution < -0.4 is 16.4 Å². The summed E-state index contributed by atoms with van der Waals surface area (Å²) in [5.74, 6) is 0.873. The molecule has 17 heavy (non-hydrogen) atoms. The number of thioether (sulfide) groups is 1. The molecule has 2 N–H and O–H groups in total. The summed E-state index contributed by atoms with van der Waals surface area (Å²) in [7, 11) is 3.61. The zero-order valence-corrected chi connectivity index (χ0v) is 11.1. The van der Waals surface area contributed by atoms with Gasteiger partial charge >= 0.3 is 11.1 Å². The summed E-state index contributed by atoms with van der Waals surface area (Å²) in [6, 6.07) is 0.489. The van der Waals surface area contributed by atoms with E-state index in [0.29, 0.717) is 11.2 Å². The van der Waals surface area contributed by atoms with Crippen molar-refractivity contribution in [2.75, 3.05) is 12.8 Å². The lowest BCUT2D eigenvalue weighted by Gasteiger charge is -2.09. The van der Waals surface area contributed by atoms with Crippen LogP contribution in [0.1, 0.15) is 19.8 Å². The topological polar surface area (TPSA) is 79.8 Å². The van der Waals surface area contributed by atoms with E-state index in [-0.39, 0.29) is 0 Å². The van der Waals surface area contributed by atoms with Crippen molar-refractivity contribution in [2.24, 2.45) is 7.05 Å². The van der Waals surface area contributed by atoms with Crippen molar-refractivity contribution in [3.05, 3.63) is 20.7 Å².